The van der Waals surface area contributed by atoms with Crippen LogP contribution >= 0.6 is 11.6 Å². The first-order valence-electron chi connectivity index (χ1n) is 8.71. The molecular weight excluding hydrogens is 420 g/mol. The minimum absolute atomic E-state index is 0.0676. The van der Waals surface area contributed by atoms with Crippen molar-refractivity contribution in [3.63, 3.8) is 0 Å². The average molecular weight is 441 g/mol. The van der Waals surface area contributed by atoms with Gasteiger partial charge in [-0.1, -0.05) is 30.7 Å². The van der Waals surface area contributed by atoms with Gasteiger partial charge in [0.25, 0.3) is 5.69 Å². The molecule has 29 heavy (non-hydrogen) atoms. The number of rotatable bonds is 9. The number of carbonyl (C=O) groups is 1. The molecular formula is C18H21ClN4O5S. The molecule has 0 bridgehead atoms. The highest BCUT2D eigenvalue weighted by atomic mass is 35.5. The minimum atomic E-state index is -4.06. The Hall–Kier alpha value is -2.69. The van der Waals surface area contributed by atoms with E-state index in [-0.39, 0.29) is 35.5 Å². The standard InChI is InChI=1S/C18H21ClN4O5S/c1-2-15(12-3-5-13(19)6-4-12)22-18(24)9-10-21-16-8-7-14(29(20,27)28)11-17(16)23(25)26/h3-8,11,15,21H,2,9-10H2,1H3,(H,22,24)(H2,20,27,28). The number of sulfonamides is 1. The Morgan fingerprint density at radius 3 is 2.45 bits per heavy atom. The predicted octanol–water partition coefficient (Wildman–Crippen LogP) is 2.97. The topological polar surface area (TPSA) is 144 Å². The van der Waals surface area contributed by atoms with Crippen LogP contribution < -0.4 is 15.8 Å². The highest BCUT2D eigenvalue weighted by molar-refractivity contribution is 7.89. The quantitative estimate of drug-likeness (QED) is 0.403. The molecule has 156 valence electrons. The molecule has 0 aliphatic rings. The van der Waals surface area contributed by atoms with Crippen LogP contribution in [0, 0.1) is 10.1 Å². The molecule has 11 heteroatoms. The third-order valence-electron chi connectivity index (χ3n) is 4.18. The second-order valence-corrected chi connectivity index (χ2v) is 8.24. The molecule has 2 rings (SSSR count). The van der Waals surface area contributed by atoms with E-state index in [1.807, 2.05) is 19.1 Å². The van der Waals surface area contributed by atoms with E-state index in [0.29, 0.717) is 11.4 Å². The van der Waals surface area contributed by atoms with Crippen molar-refractivity contribution in [2.45, 2.75) is 30.7 Å². The maximum absolute atomic E-state index is 12.2. The van der Waals surface area contributed by atoms with Gasteiger partial charge in [0.15, 0.2) is 0 Å². The maximum Gasteiger partial charge on any atom is 0.293 e. The highest BCUT2D eigenvalue weighted by Crippen LogP contribution is 2.27. The van der Waals surface area contributed by atoms with Crippen molar-refractivity contribution in [1.82, 2.24) is 5.32 Å². The molecule has 4 N–H and O–H groups in total. The lowest BCUT2D eigenvalue weighted by Crippen LogP contribution is -2.29. The van der Waals surface area contributed by atoms with Gasteiger partial charge in [-0.05, 0) is 36.2 Å². The van der Waals surface area contributed by atoms with Crippen molar-refractivity contribution in [3.05, 3.63) is 63.2 Å². The van der Waals surface area contributed by atoms with Crippen LogP contribution in [0.3, 0.4) is 0 Å². The summed E-state index contributed by atoms with van der Waals surface area (Å²) in [6.45, 7) is 2.06. The Morgan fingerprint density at radius 1 is 1.24 bits per heavy atom. The summed E-state index contributed by atoms with van der Waals surface area (Å²) in [7, 11) is -4.06. The zero-order valence-corrected chi connectivity index (χ0v) is 17.2. The average Bonchev–Trinajstić information content (AvgIpc) is 2.66. The second kappa shape index (κ2) is 9.68. The molecule has 0 heterocycles. The molecule has 0 saturated carbocycles. The zero-order valence-electron chi connectivity index (χ0n) is 15.6. The van der Waals surface area contributed by atoms with Gasteiger partial charge >= 0.3 is 0 Å². The summed E-state index contributed by atoms with van der Waals surface area (Å²) >= 11 is 5.88. The number of amides is 1. The molecule has 1 atom stereocenters. The van der Waals surface area contributed by atoms with Crippen LogP contribution in [-0.2, 0) is 14.8 Å². The Bertz CT molecular complexity index is 996. The number of nitrogens with one attached hydrogen (secondary N) is 2. The van der Waals surface area contributed by atoms with Gasteiger partial charge in [0.2, 0.25) is 15.9 Å². The maximum atomic E-state index is 12.2. The summed E-state index contributed by atoms with van der Waals surface area (Å²) in [4.78, 5) is 22.4. The van der Waals surface area contributed by atoms with Crippen LogP contribution in [0.1, 0.15) is 31.4 Å². The molecule has 0 saturated heterocycles. The van der Waals surface area contributed by atoms with E-state index in [4.69, 9.17) is 16.7 Å². The first-order chi connectivity index (χ1) is 13.6. The van der Waals surface area contributed by atoms with Crippen molar-refractivity contribution >= 4 is 38.9 Å². The largest absolute Gasteiger partial charge is 0.379 e. The summed E-state index contributed by atoms with van der Waals surface area (Å²) in [6, 6.07) is 10.3. The number of nitrogens with two attached hydrogens (primary N) is 1. The fourth-order valence-corrected chi connectivity index (χ4v) is 3.34. The fourth-order valence-electron chi connectivity index (χ4n) is 2.68. The predicted molar refractivity (Wildman–Crippen MR) is 110 cm³/mol. The lowest BCUT2D eigenvalue weighted by atomic mass is 10.0. The molecule has 0 aromatic heterocycles. The van der Waals surface area contributed by atoms with Gasteiger partial charge < -0.3 is 10.6 Å². The van der Waals surface area contributed by atoms with Crippen LogP contribution in [-0.4, -0.2) is 25.8 Å². The molecule has 9 nitrogen and oxygen atoms in total. The summed E-state index contributed by atoms with van der Waals surface area (Å²) in [5, 5.41) is 22.5. The Balaban J connectivity index is 1.99. The molecule has 0 radical (unpaired) electrons. The smallest absolute Gasteiger partial charge is 0.293 e. The van der Waals surface area contributed by atoms with Gasteiger partial charge in [0, 0.05) is 24.1 Å². The van der Waals surface area contributed by atoms with Gasteiger partial charge in [-0.25, -0.2) is 13.6 Å². The van der Waals surface area contributed by atoms with E-state index < -0.39 is 20.6 Å². The van der Waals surface area contributed by atoms with Crippen LogP contribution in [0.25, 0.3) is 0 Å². The summed E-state index contributed by atoms with van der Waals surface area (Å²) in [5.41, 5.74) is 0.580. The van der Waals surface area contributed by atoms with Gasteiger partial charge in [-0.2, -0.15) is 0 Å². The SMILES string of the molecule is CCC(NC(=O)CCNc1ccc(S(N)(=O)=O)cc1[N+](=O)[O-])c1ccc(Cl)cc1. The highest BCUT2D eigenvalue weighted by Gasteiger charge is 2.19. The third-order valence-corrected chi connectivity index (χ3v) is 5.34. The molecule has 0 aliphatic carbocycles. The van der Waals surface area contributed by atoms with Crippen molar-refractivity contribution in [3.8, 4) is 0 Å². The number of primary sulfonamides is 1. The van der Waals surface area contributed by atoms with E-state index in [0.717, 1.165) is 11.6 Å². The second-order valence-electron chi connectivity index (χ2n) is 6.24. The number of halogens is 1. The van der Waals surface area contributed by atoms with Gasteiger partial charge in [-0.15, -0.1) is 0 Å². The van der Waals surface area contributed by atoms with Gasteiger partial charge in [-0.3, -0.25) is 14.9 Å². The number of nitrogens with zero attached hydrogens (tertiary/aromatic N) is 1. The van der Waals surface area contributed by atoms with E-state index in [2.05, 4.69) is 10.6 Å². The number of benzene rings is 2. The lowest BCUT2D eigenvalue weighted by molar-refractivity contribution is -0.384. The van der Waals surface area contributed by atoms with Crippen LogP contribution in [0.5, 0.6) is 0 Å². The fraction of sp³-hybridized carbons (Fsp3) is 0.278. The van der Waals surface area contributed by atoms with E-state index in [9.17, 15) is 23.3 Å². The minimum Gasteiger partial charge on any atom is -0.379 e. The lowest BCUT2D eigenvalue weighted by Gasteiger charge is -2.18. The summed E-state index contributed by atoms with van der Waals surface area (Å²) < 4.78 is 22.7. The van der Waals surface area contributed by atoms with Crippen molar-refractivity contribution < 1.29 is 18.1 Å². The Labute approximate surface area is 173 Å². The van der Waals surface area contributed by atoms with E-state index in [1.165, 1.54) is 12.1 Å². The number of hydrogen-bond donors (Lipinski definition) is 3. The number of nitro groups is 1. The third kappa shape index (κ3) is 6.41. The number of nitro benzene ring substituents is 1. The van der Waals surface area contributed by atoms with Gasteiger partial charge in [0.1, 0.15) is 5.69 Å². The van der Waals surface area contributed by atoms with Crippen LogP contribution in [0.4, 0.5) is 11.4 Å². The van der Waals surface area contributed by atoms with Gasteiger partial charge in [0.05, 0.1) is 15.9 Å². The van der Waals surface area contributed by atoms with Crippen molar-refractivity contribution in [2.75, 3.05) is 11.9 Å². The molecule has 0 fully saturated rings. The Kier molecular flexibility index (Phi) is 7.54. The summed E-state index contributed by atoms with van der Waals surface area (Å²) in [5.74, 6) is -0.233. The number of anilines is 1. The normalized spacial score (nSPS) is 12.2. The van der Waals surface area contributed by atoms with E-state index >= 15 is 0 Å². The molecule has 0 spiro atoms. The molecule has 0 aliphatic heterocycles. The van der Waals surface area contributed by atoms with Crippen molar-refractivity contribution in [2.24, 2.45) is 5.14 Å². The number of carbonyl (C=O) groups excluding carboxylic acids is 1. The van der Waals surface area contributed by atoms with E-state index in [1.54, 1.807) is 12.1 Å². The van der Waals surface area contributed by atoms with Crippen molar-refractivity contribution in [1.29, 1.82) is 0 Å². The Morgan fingerprint density at radius 2 is 1.90 bits per heavy atom. The molecule has 2 aromatic rings. The first kappa shape index (κ1) is 22.6. The van der Waals surface area contributed by atoms with Crippen LogP contribution in [0.15, 0.2) is 47.4 Å². The monoisotopic (exact) mass is 440 g/mol. The molecule has 1 unspecified atom stereocenters. The molecule has 1 amide bonds. The molecule has 2 aromatic carbocycles. The summed E-state index contributed by atoms with van der Waals surface area (Å²) in [6.07, 6.45) is 0.749. The zero-order chi connectivity index (χ0) is 21.6. The van der Waals surface area contributed by atoms with Crippen LogP contribution in [0.2, 0.25) is 5.02 Å². The first-order valence-corrected chi connectivity index (χ1v) is 10.6. The number of hydrogen-bond acceptors (Lipinski definition) is 6.